The maximum absolute atomic E-state index is 13.7. The van der Waals surface area contributed by atoms with Crippen LogP contribution in [0.4, 0.5) is 13.6 Å². The molecule has 1 heterocycles. The van der Waals surface area contributed by atoms with E-state index in [1.165, 1.54) is 6.92 Å². The lowest BCUT2D eigenvalue weighted by Crippen LogP contribution is -2.45. The number of aliphatic hydroxyl groups is 1. The predicted octanol–water partition coefficient (Wildman–Crippen LogP) is 1.65. The molecule has 1 aromatic rings. The molecule has 1 aliphatic rings. The smallest absolute Gasteiger partial charge is 0.314 e. The summed E-state index contributed by atoms with van der Waals surface area (Å²) in [7, 11) is 0. The summed E-state index contributed by atoms with van der Waals surface area (Å²) in [6, 6.07) is 2.45. The van der Waals surface area contributed by atoms with E-state index < -0.39 is 23.3 Å². The lowest BCUT2D eigenvalue weighted by Gasteiger charge is -2.25. The Labute approximate surface area is 127 Å². The summed E-state index contributed by atoms with van der Waals surface area (Å²) in [5.41, 5.74) is -1.72. The molecule has 0 aromatic heterocycles. The highest BCUT2D eigenvalue weighted by molar-refractivity contribution is 5.73. The van der Waals surface area contributed by atoms with E-state index in [2.05, 4.69) is 10.6 Å². The van der Waals surface area contributed by atoms with E-state index in [4.69, 9.17) is 4.74 Å². The molecule has 0 bridgehead atoms. The van der Waals surface area contributed by atoms with Crippen LogP contribution in [-0.2, 0) is 10.3 Å². The first-order valence-electron chi connectivity index (χ1n) is 7.20. The van der Waals surface area contributed by atoms with E-state index in [-0.39, 0.29) is 18.2 Å². The number of ether oxygens (including phenoxy) is 1. The molecule has 0 radical (unpaired) electrons. The molecule has 2 rings (SSSR count). The van der Waals surface area contributed by atoms with Crippen LogP contribution in [0.2, 0.25) is 0 Å². The fraction of sp³-hybridized carbons (Fsp3) is 0.533. The van der Waals surface area contributed by atoms with Crippen molar-refractivity contribution in [3.05, 3.63) is 35.4 Å². The second kappa shape index (κ2) is 7.02. The van der Waals surface area contributed by atoms with E-state index in [9.17, 15) is 18.7 Å². The van der Waals surface area contributed by atoms with Gasteiger partial charge in [-0.2, -0.15) is 0 Å². The van der Waals surface area contributed by atoms with Crippen molar-refractivity contribution in [1.82, 2.24) is 10.6 Å². The predicted molar refractivity (Wildman–Crippen MR) is 76.3 cm³/mol. The number of nitrogens with one attached hydrogen (secondary N) is 2. The van der Waals surface area contributed by atoms with Crippen LogP contribution < -0.4 is 10.6 Å². The number of urea groups is 1. The van der Waals surface area contributed by atoms with Crippen molar-refractivity contribution in [2.24, 2.45) is 0 Å². The van der Waals surface area contributed by atoms with Crippen LogP contribution in [0.15, 0.2) is 18.2 Å². The first-order valence-corrected chi connectivity index (χ1v) is 7.20. The number of carbonyl (C=O) groups is 1. The van der Waals surface area contributed by atoms with Crippen molar-refractivity contribution in [2.75, 3.05) is 19.7 Å². The standard InChI is InChI=1S/C15H20F2N2O3/c1-15(21,12-5-4-10(16)7-13(12)17)9-19-14(20)18-8-11-3-2-6-22-11/h4-5,7,11,21H,2-3,6,8-9H2,1H3,(H2,18,19,20). The number of halogens is 2. The quantitative estimate of drug-likeness (QED) is 0.774. The number of carbonyl (C=O) groups excluding carboxylic acids is 1. The van der Waals surface area contributed by atoms with E-state index >= 15 is 0 Å². The number of rotatable bonds is 5. The number of benzene rings is 1. The molecule has 1 aromatic carbocycles. The summed E-state index contributed by atoms with van der Waals surface area (Å²) in [5, 5.41) is 15.4. The SMILES string of the molecule is CC(O)(CNC(=O)NCC1CCCO1)c1ccc(F)cc1F. The van der Waals surface area contributed by atoms with Gasteiger partial charge in [-0.15, -0.1) is 0 Å². The second-order valence-electron chi connectivity index (χ2n) is 5.60. The van der Waals surface area contributed by atoms with Crippen molar-refractivity contribution in [3.63, 3.8) is 0 Å². The highest BCUT2D eigenvalue weighted by Crippen LogP contribution is 2.23. The number of amides is 2. The first-order chi connectivity index (χ1) is 10.4. The molecular formula is C15H20F2N2O3. The van der Waals surface area contributed by atoms with Gasteiger partial charge in [-0.05, 0) is 25.8 Å². The van der Waals surface area contributed by atoms with Gasteiger partial charge in [0.15, 0.2) is 0 Å². The van der Waals surface area contributed by atoms with Crippen molar-refractivity contribution >= 4 is 6.03 Å². The Hall–Kier alpha value is -1.73. The molecule has 1 aliphatic heterocycles. The Balaban J connectivity index is 1.84. The van der Waals surface area contributed by atoms with Crippen molar-refractivity contribution in [1.29, 1.82) is 0 Å². The maximum atomic E-state index is 13.7. The summed E-state index contributed by atoms with van der Waals surface area (Å²) in [4.78, 5) is 11.7. The van der Waals surface area contributed by atoms with Gasteiger partial charge < -0.3 is 20.5 Å². The minimum Gasteiger partial charge on any atom is -0.383 e. The number of hydrogen-bond acceptors (Lipinski definition) is 3. The van der Waals surface area contributed by atoms with Crippen LogP contribution in [0, 0.1) is 11.6 Å². The van der Waals surface area contributed by atoms with Gasteiger partial charge in [0.1, 0.15) is 17.2 Å². The highest BCUT2D eigenvalue weighted by atomic mass is 19.1. The average Bonchev–Trinajstić information content (AvgIpc) is 2.96. The first kappa shape index (κ1) is 16.6. The van der Waals surface area contributed by atoms with E-state index in [0.29, 0.717) is 19.2 Å². The largest absolute Gasteiger partial charge is 0.383 e. The summed E-state index contributed by atoms with van der Waals surface area (Å²) >= 11 is 0. The van der Waals surface area contributed by atoms with Gasteiger partial charge in [0.25, 0.3) is 0 Å². The van der Waals surface area contributed by atoms with Crippen LogP contribution in [0.25, 0.3) is 0 Å². The summed E-state index contributed by atoms with van der Waals surface area (Å²) in [5.74, 6) is -1.58. The summed E-state index contributed by atoms with van der Waals surface area (Å²) in [6.45, 7) is 2.24. The Morgan fingerprint density at radius 3 is 2.86 bits per heavy atom. The summed E-state index contributed by atoms with van der Waals surface area (Å²) in [6.07, 6.45) is 1.89. The Morgan fingerprint density at radius 2 is 2.23 bits per heavy atom. The van der Waals surface area contributed by atoms with E-state index in [1.807, 2.05) is 0 Å². The molecule has 5 nitrogen and oxygen atoms in total. The molecule has 0 aliphatic carbocycles. The Kier molecular flexibility index (Phi) is 5.31. The van der Waals surface area contributed by atoms with Crippen molar-refractivity contribution in [3.8, 4) is 0 Å². The minimum atomic E-state index is -1.64. The number of hydrogen-bond donors (Lipinski definition) is 3. The van der Waals surface area contributed by atoms with E-state index in [1.54, 1.807) is 0 Å². The third-order valence-corrected chi connectivity index (χ3v) is 3.62. The molecule has 22 heavy (non-hydrogen) atoms. The van der Waals surface area contributed by atoms with Gasteiger partial charge in [-0.25, -0.2) is 13.6 Å². The molecule has 1 fully saturated rings. The lowest BCUT2D eigenvalue weighted by atomic mass is 9.95. The van der Waals surface area contributed by atoms with Gasteiger partial charge in [-0.1, -0.05) is 6.07 Å². The minimum absolute atomic E-state index is 0.0146. The molecular weight excluding hydrogens is 294 g/mol. The average molecular weight is 314 g/mol. The van der Waals surface area contributed by atoms with Crippen LogP contribution in [0.5, 0.6) is 0 Å². The van der Waals surface area contributed by atoms with Gasteiger partial charge in [0.05, 0.1) is 12.6 Å². The summed E-state index contributed by atoms with van der Waals surface area (Å²) < 4.78 is 31.9. The van der Waals surface area contributed by atoms with Crippen molar-refractivity contribution in [2.45, 2.75) is 31.5 Å². The molecule has 1 saturated heterocycles. The lowest BCUT2D eigenvalue weighted by molar-refractivity contribution is 0.0552. The Bertz CT molecular complexity index is 532. The fourth-order valence-electron chi connectivity index (χ4n) is 2.35. The van der Waals surface area contributed by atoms with Gasteiger partial charge in [-0.3, -0.25) is 0 Å². The van der Waals surface area contributed by atoms with Gasteiger partial charge in [0.2, 0.25) is 0 Å². The van der Waals surface area contributed by atoms with Crippen LogP contribution in [0.3, 0.4) is 0 Å². The molecule has 2 amide bonds. The van der Waals surface area contributed by atoms with Crippen LogP contribution in [-0.4, -0.2) is 36.9 Å². The molecule has 7 heteroatoms. The zero-order chi connectivity index (χ0) is 16.2. The van der Waals surface area contributed by atoms with Gasteiger partial charge in [0, 0.05) is 24.8 Å². The fourth-order valence-corrected chi connectivity index (χ4v) is 2.35. The topological polar surface area (TPSA) is 70.6 Å². The molecule has 0 saturated carbocycles. The van der Waals surface area contributed by atoms with E-state index in [0.717, 1.165) is 25.0 Å². The molecule has 2 unspecified atom stereocenters. The third kappa shape index (κ3) is 4.38. The molecule has 122 valence electrons. The van der Waals surface area contributed by atoms with Crippen LogP contribution >= 0.6 is 0 Å². The normalized spacial score (nSPS) is 20.5. The molecule has 3 N–H and O–H groups in total. The van der Waals surface area contributed by atoms with Crippen LogP contribution in [0.1, 0.15) is 25.3 Å². The third-order valence-electron chi connectivity index (χ3n) is 3.62. The zero-order valence-corrected chi connectivity index (χ0v) is 12.4. The second-order valence-corrected chi connectivity index (χ2v) is 5.60. The highest BCUT2D eigenvalue weighted by Gasteiger charge is 2.27. The zero-order valence-electron chi connectivity index (χ0n) is 12.4. The van der Waals surface area contributed by atoms with Crippen molar-refractivity contribution < 1.29 is 23.4 Å². The molecule has 0 spiro atoms. The Morgan fingerprint density at radius 1 is 1.45 bits per heavy atom. The molecule has 2 atom stereocenters. The maximum Gasteiger partial charge on any atom is 0.314 e. The van der Waals surface area contributed by atoms with Gasteiger partial charge >= 0.3 is 6.03 Å². The monoisotopic (exact) mass is 314 g/mol.